The van der Waals surface area contributed by atoms with E-state index in [1.807, 2.05) is 6.92 Å². The number of ether oxygens (including phenoxy) is 1. The number of hydrogen-bond donors (Lipinski definition) is 1. The molecular weight excluding hydrogens is 174 g/mol. The van der Waals surface area contributed by atoms with Crippen LogP contribution in [0, 0.1) is 17.8 Å². The van der Waals surface area contributed by atoms with E-state index in [0.717, 1.165) is 19.6 Å². The predicted octanol–water partition coefficient (Wildman–Crippen LogP) is 2.05. The summed E-state index contributed by atoms with van der Waals surface area (Å²) in [5, 5.41) is 3.44. The monoisotopic (exact) mass is 197 g/mol. The molecule has 1 N–H and O–H groups in total. The smallest absolute Gasteiger partial charge is 0.0587 e. The Balaban J connectivity index is 3.52. The second-order valence-corrected chi connectivity index (χ2v) is 3.68. The molecule has 0 bridgehead atoms. The Labute approximate surface area is 88.4 Å². The molecule has 0 saturated heterocycles. The molecule has 0 aromatic carbocycles. The first kappa shape index (κ1) is 13.5. The molecule has 0 aliphatic carbocycles. The van der Waals surface area contributed by atoms with E-state index in [-0.39, 0.29) is 0 Å². The first-order valence-corrected chi connectivity index (χ1v) is 5.34. The molecule has 2 heteroatoms. The Kier molecular flexibility index (Phi) is 8.72. The SMILES string of the molecule is CC#CCCC(C)C(C)NCCOC. The molecule has 0 aliphatic rings. The van der Waals surface area contributed by atoms with Crippen LogP contribution in [0.5, 0.6) is 0 Å². The lowest BCUT2D eigenvalue weighted by Gasteiger charge is -2.20. The van der Waals surface area contributed by atoms with E-state index >= 15 is 0 Å². The third kappa shape index (κ3) is 6.94. The predicted molar refractivity (Wildman–Crippen MR) is 61.2 cm³/mol. The molecule has 0 heterocycles. The Morgan fingerprint density at radius 2 is 2.07 bits per heavy atom. The van der Waals surface area contributed by atoms with Gasteiger partial charge in [0.25, 0.3) is 0 Å². The van der Waals surface area contributed by atoms with Crippen LogP contribution in [0.1, 0.15) is 33.6 Å². The molecule has 0 spiro atoms. The minimum atomic E-state index is 0.545. The van der Waals surface area contributed by atoms with Gasteiger partial charge in [-0.15, -0.1) is 11.8 Å². The van der Waals surface area contributed by atoms with E-state index in [2.05, 4.69) is 31.0 Å². The van der Waals surface area contributed by atoms with Crippen molar-refractivity contribution in [2.75, 3.05) is 20.3 Å². The summed E-state index contributed by atoms with van der Waals surface area (Å²) in [5.74, 6) is 6.70. The molecule has 82 valence electrons. The number of hydrogen-bond acceptors (Lipinski definition) is 2. The Morgan fingerprint density at radius 1 is 1.36 bits per heavy atom. The second-order valence-electron chi connectivity index (χ2n) is 3.68. The molecule has 14 heavy (non-hydrogen) atoms. The van der Waals surface area contributed by atoms with Crippen molar-refractivity contribution >= 4 is 0 Å². The summed E-state index contributed by atoms with van der Waals surface area (Å²) in [6.45, 7) is 8.10. The Hall–Kier alpha value is -0.520. The third-order valence-electron chi connectivity index (χ3n) is 2.53. The van der Waals surface area contributed by atoms with Gasteiger partial charge in [-0.05, 0) is 26.2 Å². The van der Waals surface area contributed by atoms with Gasteiger partial charge in [-0.3, -0.25) is 0 Å². The minimum absolute atomic E-state index is 0.545. The minimum Gasteiger partial charge on any atom is -0.383 e. The van der Waals surface area contributed by atoms with Gasteiger partial charge in [0.2, 0.25) is 0 Å². The number of methoxy groups -OCH3 is 1. The molecular formula is C12H23NO. The van der Waals surface area contributed by atoms with Crippen LogP contribution in [0.3, 0.4) is 0 Å². The highest BCUT2D eigenvalue weighted by Crippen LogP contribution is 2.09. The van der Waals surface area contributed by atoms with E-state index in [1.54, 1.807) is 7.11 Å². The normalized spacial score (nSPS) is 14.3. The fourth-order valence-corrected chi connectivity index (χ4v) is 1.26. The van der Waals surface area contributed by atoms with Gasteiger partial charge >= 0.3 is 0 Å². The van der Waals surface area contributed by atoms with E-state index in [9.17, 15) is 0 Å². The molecule has 0 amide bonds. The highest BCUT2D eigenvalue weighted by atomic mass is 16.5. The van der Waals surface area contributed by atoms with E-state index in [4.69, 9.17) is 4.74 Å². The molecule has 0 aliphatic heterocycles. The molecule has 0 radical (unpaired) electrons. The summed E-state index contributed by atoms with van der Waals surface area (Å²) in [6.07, 6.45) is 2.18. The van der Waals surface area contributed by atoms with Crippen LogP contribution < -0.4 is 5.32 Å². The number of rotatable bonds is 7. The van der Waals surface area contributed by atoms with Gasteiger partial charge in [-0.1, -0.05) is 6.92 Å². The average molecular weight is 197 g/mol. The molecule has 0 aromatic rings. The first-order chi connectivity index (χ1) is 6.72. The molecule has 2 unspecified atom stereocenters. The van der Waals surface area contributed by atoms with Gasteiger partial charge in [0.1, 0.15) is 0 Å². The summed E-state index contributed by atoms with van der Waals surface area (Å²) in [6, 6.07) is 0.545. The van der Waals surface area contributed by atoms with Crippen molar-refractivity contribution in [1.82, 2.24) is 5.32 Å². The van der Waals surface area contributed by atoms with E-state index < -0.39 is 0 Å². The Morgan fingerprint density at radius 3 is 2.64 bits per heavy atom. The van der Waals surface area contributed by atoms with Gasteiger partial charge in [0.05, 0.1) is 6.61 Å². The van der Waals surface area contributed by atoms with Crippen LogP contribution >= 0.6 is 0 Å². The number of nitrogens with one attached hydrogen (secondary N) is 1. The maximum atomic E-state index is 4.99. The standard InChI is InChI=1S/C12H23NO/c1-5-6-7-8-11(2)12(3)13-9-10-14-4/h11-13H,7-10H2,1-4H3. The molecule has 2 nitrogen and oxygen atoms in total. The maximum Gasteiger partial charge on any atom is 0.0587 e. The van der Waals surface area contributed by atoms with Crippen molar-refractivity contribution in [3.8, 4) is 11.8 Å². The van der Waals surface area contributed by atoms with Gasteiger partial charge in [-0.25, -0.2) is 0 Å². The van der Waals surface area contributed by atoms with Gasteiger partial charge < -0.3 is 10.1 Å². The summed E-state index contributed by atoms with van der Waals surface area (Å²) in [7, 11) is 1.73. The average Bonchev–Trinajstić information content (AvgIpc) is 2.18. The lowest BCUT2D eigenvalue weighted by atomic mass is 9.98. The van der Waals surface area contributed by atoms with Gasteiger partial charge in [0, 0.05) is 26.1 Å². The topological polar surface area (TPSA) is 21.3 Å². The summed E-state index contributed by atoms with van der Waals surface area (Å²) in [4.78, 5) is 0. The maximum absolute atomic E-state index is 4.99. The Bertz CT molecular complexity index is 180. The van der Waals surface area contributed by atoms with Crippen molar-refractivity contribution in [2.24, 2.45) is 5.92 Å². The van der Waals surface area contributed by atoms with Crippen LogP contribution in [0.25, 0.3) is 0 Å². The summed E-state index contributed by atoms with van der Waals surface area (Å²) < 4.78 is 4.99. The van der Waals surface area contributed by atoms with E-state index in [1.165, 1.54) is 6.42 Å². The fraction of sp³-hybridized carbons (Fsp3) is 0.833. The molecule has 0 fully saturated rings. The van der Waals surface area contributed by atoms with Gasteiger partial charge in [0.15, 0.2) is 0 Å². The fourth-order valence-electron chi connectivity index (χ4n) is 1.26. The molecule has 0 aromatic heterocycles. The van der Waals surface area contributed by atoms with Crippen LogP contribution in [-0.2, 0) is 4.74 Å². The van der Waals surface area contributed by atoms with Gasteiger partial charge in [-0.2, -0.15) is 0 Å². The van der Waals surface area contributed by atoms with Crippen molar-refractivity contribution in [2.45, 2.75) is 39.7 Å². The lowest BCUT2D eigenvalue weighted by molar-refractivity contribution is 0.192. The van der Waals surface area contributed by atoms with Crippen LogP contribution in [0.2, 0.25) is 0 Å². The van der Waals surface area contributed by atoms with Crippen molar-refractivity contribution in [1.29, 1.82) is 0 Å². The highest BCUT2D eigenvalue weighted by molar-refractivity contribution is 4.95. The molecule has 2 atom stereocenters. The highest BCUT2D eigenvalue weighted by Gasteiger charge is 2.09. The zero-order chi connectivity index (χ0) is 10.8. The van der Waals surface area contributed by atoms with Crippen LogP contribution in [0.4, 0.5) is 0 Å². The zero-order valence-electron chi connectivity index (χ0n) is 9.89. The second kappa shape index (κ2) is 9.05. The summed E-state index contributed by atoms with van der Waals surface area (Å²) in [5.41, 5.74) is 0. The van der Waals surface area contributed by atoms with Crippen LogP contribution in [0.15, 0.2) is 0 Å². The van der Waals surface area contributed by atoms with Crippen molar-refractivity contribution in [3.63, 3.8) is 0 Å². The van der Waals surface area contributed by atoms with Crippen molar-refractivity contribution < 1.29 is 4.74 Å². The van der Waals surface area contributed by atoms with E-state index in [0.29, 0.717) is 12.0 Å². The lowest BCUT2D eigenvalue weighted by Crippen LogP contribution is -2.34. The van der Waals surface area contributed by atoms with Crippen LogP contribution in [-0.4, -0.2) is 26.3 Å². The van der Waals surface area contributed by atoms with Crippen molar-refractivity contribution in [3.05, 3.63) is 0 Å². The summed E-state index contributed by atoms with van der Waals surface area (Å²) >= 11 is 0. The third-order valence-corrected chi connectivity index (χ3v) is 2.53. The molecule has 0 rings (SSSR count). The largest absolute Gasteiger partial charge is 0.383 e. The quantitative estimate of drug-likeness (QED) is 0.498. The first-order valence-electron chi connectivity index (χ1n) is 5.34. The molecule has 0 saturated carbocycles. The zero-order valence-corrected chi connectivity index (χ0v) is 9.89.